The molecule has 1 saturated heterocycles. The van der Waals surface area contributed by atoms with E-state index in [0.717, 1.165) is 75.2 Å². The molecule has 0 amide bonds. The first kappa shape index (κ1) is 22.0. The van der Waals surface area contributed by atoms with Gasteiger partial charge in [0, 0.05) is 43.4 Å². The van der Waals surface area contributed by atoms with E-state index in [-0.39, 0.29) is 11.6 Å². The highest BCUT2D eigenvalue weighted by Crippen LogP contribution is 2.46. The van der Waals surface area contributed by atoms with E-state index < -0.39 is 0 Å². The zero-order valence-corrected chi connectivity index (χ0v) is 19.6. The maximum Gasteiger partial charge on any atom is 0.192 e. The van der Waals surface area contributed by atoms with Crippen molar-refractivity contribution in [3.8, 4) is 5.75 Å². The Balaban J connectivity index is 1.36. The minimum absolute atomic E-state index is 0.0454. The molecule has 7 heteroatoms. The Kier molecular flexibility index (Phi) is 6.67. The standard InChI is InChI=1S/C26H35N5O2/c1-2-27-25(29-19-20-8-7-13-28-24(20)31-14-16-32-17-15-31)30-22-18-26(11-5-6-12-26)33-23-10-4-3-9-21(22)23/h3-4,7-10,13,22H,2,5-6,11-12,14-19H2,1H3,(H2,27,29,30). The van der Waals surface area contributed by atoms with E-state index >= 15 is 0 Å². The lowest BCUT2D eigenvalue weighted by atomic mass is 9.86. The molecule has 33 heavy (non-hydrogen) atoms. The summed E-state index contributed by atoms with van der Waals surface area (Å²) >= 11 is 0. The first-order valence-electron chi connectivity index (χ1n) is 12.4. The van der Waals surface area contributed by atoms with Crippen LogP contribution in [0.5, 0.6) is 5.75 Å². The van der Waals surface area contributed by atoms with Gasteiger partial charge in [-0.05, 0) is 44.7 Å². The third-order valence-corrected chi connectivity index (χ3v) is 6.95. The minimum atomic E-state index is -0.0454. The molecule has 1 aromatic heterocycles. The molecule has 1 aromatic carbocycles. The lowest BCUT2D eigenvalue weighted by Crippen LogP contribution is -2.46. The summed E-state index contributed by atoms with van der Waals surface area (Å²) in [7, 11) is 0. The van der Waals surface area contributed by atoms with E-state index in [4.69, 9.17) is 14.5 Å². The maximum atomic E-state index is 6.54. The van der Waals surface area contributed by atoms with Crippen LogP contribution < -0.4 is 20.3 Å². The van der Waals surface area contributed by atoms with E-state index in [1.807, 2.05) is 12.3 Å². The van der Waals surface area contributed by atoms with Crippen LogP contribution in [0.1, 0.15) is 56.2 Å². The van der Waals surface area contributed by atoms with Crippen molar-refractivity contribution in [3.63, 3.8) is 0 Å². The second-order valence-corrected chi connectivity index (χ2v) is 9.21. The molecule has 0 radical (unpaired) electrons. The summed E-state index contributed by atoms with van der Waals surface area (Å²) in [6.07, 6.45) is 7.59. The molecule has 0 bridgehead atoms. The molecule has 3 heterocycles. The van der Waals surface area contributed by atoms with Gasteiger partial charge < -0.3 is 25.0 Å². The number of hydrogen-bond acceptors (Lipinski definition) is 5. The minimum Gasteiger partial charge on any atom is -0.487 e. The molecule has 2 aromatic rings. The normalized spacial score (nSPS) is 22.0. The molecule has 1 spiro atoms. The SMILES string of the molecule is CCNC(=NCc1cccnc1N1CCOCC1)NC1CC2(CCCC2)Oc2ccccc21. The van der Waals surface area contributed by atoms with Crippen molar-refractivity contribution < 1.29 is 9.47 Å². The van der Waals surface area contributed by atoms with Crippen LogP contribution in [-0.4, -0.2) is 49.4 Å². The van der Waals surface area contributed by atoms with Gasteiger partial charge in [0.05, 0.1) is 25.8 Å². The maximum absolute atomic E-state index is 6.54. The van der Waals surface area contributed by atoms with Crippen LogP contribution in [0.25, 0.3) is 0 Å². The van der Waals surface area contributed by atoms with Crippen molar-refractivity contribution >= 4 is 11.8 Å². The topological polar surface area (TPSA) is 71.0 Å². The third kappa shape index (κ3) is 4.93. The molecule has 2 fully saturated rings. The summed E-state index contributed by atoms with van der Waals surface area (Å²) in [5.74, 6) is 2.87. The van der Waals surface area contributed by atoms with Gasteiger partial charge in [-0.15, -0.1) is 0 Å². The van der Waals surface area contributed by atoms with E-state index in [2.05, 4.69) is 57.8 Å². The predicted molar refractivity (Wildman–Crippen MR) is 131 cm³/mol. The second-order valence-electron chi connectivity index (χ2n) is 9.21. The average Bonchev–Trinajstić information content (AvgIpc) is 3.30. The summed E-state index contributed by atoms with van der Waals surface area (Å²) < 4.78 is 12.1. The van der Waals surface area contributed by atoms with Gasteiger partial charge in [0.2, 0.25) is 0 Å². The fraction of sp³-hybridized carbons (Fsp3) is 0.538. The van der Waals surface area contributed by atoms with Crippen LogP contribution in [0.15, 0.2) is 47.6 Å². The number of aromatic nitrogens is 1. The van der Waals surface area contributed by atoms with Gasteiger partial charge in [0.15, 0.2) is 5.96 Å². The van der Waals surface area contributed by atoms with Gasteiger partial charge in [0.25, 0.3) is 0 Å². The van der Waals surface area contributed by atoms with Crippen LogP contribution in [0.3, 0.4) is 0 Å². The van der Waals surface area contributed by atoms with E-state index in [1.165, 1.54) is 18.4 Å². The van der Waals surface area contributed by atoms with Crippen LogP contribution in [0.4, 0.5) is 5.82 Å². The molecule has 3 aliphatic rings. The number of morpholine rings is 1. The van der Waals surface area contributed by atoms with Gasteiger partial charge in [-0.1, -0.05) is 24.3 Å². The molecule has 1 saturated carbocycles. The number of pyridine rings is 1. The Hall–Kier alpha value is -2.80. The Labute approximate surface area is 196 Å². The number of aliphatic imine (C=N–C) groups is 1. The number of para-hydroxylation sites is 1. The Morgan fingerprint density at radius 2 is 1.97 bits per heavy atom. The number of fused-ring (bicyclic) bond motifs is 1. The van der Waals surface area contributed by atoms with Crippen molar-refractivity contribution in [2.75, 3.05) is 37.7 Å². The van der Waals surface area contributed by atoms with Gasteiger partial charge in [-0.3, -0.25) is 0 Å². The Morgan fingerprint density at radius 3 is 2.79 bits per heavy atom. The number of guanidine groups is 1. The van der Waals surface area contributed by atoms with Gasteiger partial charge in [0.1, 0.15) is 17.2 Å². The second kappa shape index (κ2) is 10.00. The van der Waals surface area contributed by atoms with Crippen molar-refractivity contribution in [2.24, 2.45) is 4.99 Å². The lowest BCUT2D eigenvalue weighted by Gasteiger charge is -2.40. The molecule has 5 rings (SSSR count). The van der Waals surface area contributed by atoms with Gasteiger partial charge in [-0.2, -0.15) is 0 Å². The van der Waals surface area contributed by atoms with Gasteiger partial charge >= 0.3 is 0 Å². The molecule has 1 aliphatic carbocycles. The molecular weight excluding hydrogens is 414 g/mol. The number of ether oxygens (including phenoxy) is 2. The van der Waals surface area contributed by atoms with Crippen LogP contribution in [0.2, 0.25) is 0 Å². The number of hydrogen-bond donors (Lipinski definition) is 2. The highest BCUT2D eigenvalue weighted by Gasteiger charge is 2.43. The molecule has 1 unspecified atom stereocenters. The van der Waals surface area contributed by atoms with Crippen LogP contribution in [0, 0.1) is 0 Å². The molecular formula is C26H35N5O2. The summed E-state index contributed by atoms with van der Waals surface area (Å²) in [5.41, 5.74) is 2.31. The fourth-order valence-electron chi connectivity index (χ4n) is 5.34. The Bertz CT molecular complexity index is 967. The fourth-order valence-corrected chi connectivity index (χ4v) is 5.34. The summed E-state index contributed by atoms with van der Waals surface area (Å²) in [4.78, 5) is 11.9. The quantitative estimate of drug-likeness (QED) is 0.534. The number of benzene rings is 1. The van der Waals surface area contributed by atoms with E-state index in [9.17, 15) is 0 Å². The van der Waals surface area contributed by atoms with Crippen LogP contribution >= 0.6 is 0 Å². The van der Waals surface area contributed by atoms with Gasteiger partial charge in [-0.25, -0.2) is 9.98 Å². The molecule has 2 N–H and O–H groups in total. The highest BCUT2D eigenvalue weighted by molar-refractivity contribution is 5.80. The predicted octanol–water partition coefficient (Wildman–Crippen LogP) is 3.81. The average molecular weight is 450 g/mol. The number of rotatable bonds is 5. The van der Waals surface area contributed by atoms with Crippen molar-refractivity contribution in [3.05, 3.63) is 53.7 Å². The van der Waals surface area contributed by atoms with Crippen molar-refractivity contribution in [1.82, 2.24) is 15.6 Å². The van der Waals surface area contributed by atoms with E-state index in [1.54, 1.807) is 0 Å². The summed E-state index contributed by atoms with van der Waals surface area (Å²) in [6, 6.07) is 12.7. The number of nitrogens with zero attached hydrogens (tertiary/aromatic N) is 3. The van der Waals surface area contributed by atoms with Crippen LogP contribution in [-0.2, 0) is 11.3 Å². The van der Waals surface area contributed by atoms with Crippen molar-refractivity contribution in [2.45, 2.75) is 57.2 Å². The number of nitrogens with one attached hydrogen (secondary N) is 2. The number of anilines is 1. The Morgan fingerprint density at radius 1 is 1.15 bits per heavy atom. The summed E-state index contributed by atoms with van der Waals surface area (Å²) in [5, 5.41) is 7.19. The smallest absolute Gasteiger partial charge is 0.192 e. The van der Waals surface area contributed by atoms with Crippen molar-refractivity contribution in [1.29, 1.82) is 0 Å². The molecule has 2 aliphatic heterocycles. The first-order chi connectivity index (χ1) is 16.3. The molecule has 1 atom stereocenters. The lowest BCUT2D eigenvalue weighted by molar-refractivity contribution is 0.0396. The van der Waals surface area contributed by atoms with E-state index in [0.29, 0.717) is 6.54 Å². The monoisotopic (exact) mass is 449 g/mol. The third-order valence-electron chi connectivity index (χ3n) is 6.95. The largest absolute Gasteiger partial charge is 0.487 e. The highest BCUT2D eigenvalue weighted by atomic mass is 16.5. The zero-order chi connectivity index (χ0) is 22.5. The molecule has 176 valence electrons. The zero-order valence-electron chi connectivity index (χ0n) is 19.6. The summed E-state index contributed by atoms with van der Waals surface area (Å²) in [6.45, 7) is 6.72. The first-order valence-corrected chi connectivity index (χ1v) is 12.4. The molecule has 7 nitrogen and oxygen atoms in total.